The number of phenols is 1. The SMILES string of the molecule is CC(C)Oc1cccc(C(O)CNCc2cccc(O)c2)c1. The number of benzene rings is 2. The highest BCUT2D eigenvalue weighted by Crippen LogP contribution is 2.20. The van der Waals surface area contributed by atoms with Crippen molar-refractivity contribution in [2.45, 2.75) is 32.6 Å². The van der Waals surface area contributed by atoms with Crippen molar-refractivity contribution >= 4 is 0 Å². The molecular weight excluding hydrogens is 278 g/mol. The van der Waals surface area contributed by atoms with Crippen molar-refractivity contribution in [2.75, 3.05) is 6.54 Å². The largest absolute Gasteiger partial charge is 0.508 e. The molecule has 0 aliphatic carbocycles. The van der Waals surface area contributed by atoms with Crippen LogP contribution in [0.3, 0.4) is 0 Å². The predicted octanol–water partition coefficient (Wildman–Crippen LogP) is 3.00. The average molecular weight is 301 g/mol. The first-order chi connectivity index (χ1) is 10.5. The molecule has 22 heavy (non-hydrogen) atoms. The van der Waals surface area contributed by atoms with Gasteiger partial charge in [0.1, 0.15) is 11.5 Å². The molecule has 0 bridgehead atoms. The van der Waals surface area contributed by atoms with Gasteiger partial charge in [-0.15, -0.1) is 0 Å². The third-order valence-electron chi connectivity index (χ3n) is 3.19. The van der Waals surface area contributed by atoms with Gasteiger partial charge < -0.3 is 20.3 Å². The fraction of sp³-hybridized carbons (Fsp3) is 0.333. The number of aliphatic hydroxyl groups is 1. The van der Waals surface area contributed by atoms with Gasteiger partial charge in [0.15, 0.2) is 0 Å². The summed E-state index contributed by atoms with van der Waals surface area (Å²) in [5.41, 5.74) is 1.80. The fourth-order valence-corrected chi connectivity index (χ4v) is 2.20. The van der Waals surface area contributed by atoms with Crippen molar-refractivity contribution in [1.29, 1.82) is 0 Å². The van der Waals surface area contributed by atoms with E-state index in [1.54, 1.807) is 18.2 Å². The Morgan fingerprint density at radius 2 is 1.86 bits per heavy atom. The Balaban J connectivity index is 1.88. The lowest BCUT2D eigenvalue weighted by molar-refractivity contribution is 0.173. The van der Waals surface area contributed by atoms with Crippen LogP contribution in [0, 0.1) is 0 Å². The first kappa shape index (κ1) is 16.3. The molecule has 0 saturated carbocycles. The molecule has 0 aromatic heterocycles. The second-order valence-electron chi connectivity index (χ2n) is 5.56. The summed E-state index contributed by atoms with van der Waals surface area (Å²) in [6, 6.07) is 14.6. The molecule has 0 fully saturated rings. The van der Waals surface area contributed by atoms with Crippen molar-refractivity contribution in [3.63, 3.8) is 0 Å². The van der Waals surface area contributed by atoms with Gasteiger partial charge in [-0.25, -0.2) is 0 Å². The van der Waals surface area contributed by atoms with Gasteiger partial charge in [-0.1, -0.05) is 24.3 Å². The molecule has 0 aliphatic rings. The summed E-state index contributed by atoms with van der Waals surface area (Å²) >= 11 is 0. The van der Waals surface area contributed by atoms with Crippen LogP contribution in [0.4, 0.5) is 0 Å². The van der Waals surface area contributed by atoms with E-state index < -0.39 is 6.10 Å². The van der Waals surface area contributed by atoms with Crippen molar-refractivity contribution in [3.8, 4) is 11.5 Å². The summed E-state index contributed by atoms with van der Waals surface area (Å²) in [7, 11) is 0. The molecule has 1 unspecified atom stereocenters. The summed E-state index contributed by atoms with van der Waals surface area (Å²) in [4.78, 5) is 0. The van der Waals surface area contributed by atoms with Gasteiger partial charge >= 0.3 is 0 Å². The van der Waals surface area contributed by atoms with E-state index in [4.69, 9.17) is 4.74 Å². The molecular formula is C18H23NO3. The summed E-state index contributed by atoms with van der Waals surface area (Å²) in [6.45, 7) is 4.97. The molecule has 0 amide bonds. The zero-order valence-electron chi connectivity index (χ0n) is 13.0. The maximum absolute atomic E-state index is 10.2. The molecule has 2 aromatic carbocycles. The highest BCUT2D eigenvalue weighted by atomic mass is 16.5. The normalized spacial score (nSPS) is 12.4. The summed E-state index contributed by atoms with van der Waals surface area (Å²) in [6.07, 6.45) is -0.496. The first-order valence-electron chi connectivity index (χ1n) is 7.48. The van der Waals surface area contributed by atoms with Crippen molar-refractivity contribution in [2.24, 2.45) is 0 Å². The van der Waals surface area contributed by atoms with Crippen LogP contribution in [0.5, 0.6) is 11.5 Å². The van der Waals surface area contributed by atoms with Gasteiger partial charge in [-0.2, -0.15) is 0 Å². The smallest absolute Gasteiger partial charge is 0.120 e. The van der Waals surface area contributed by atoms with Gasteiger partial charge in [-0.05, 0) is 49.2 Å². The van der Waals surface area contributed by atoms with Crippen molar-refractivity contribution in [3.05, 3.63) is 59.7 Å². The monoisotopic (exact) mass is 301 g/mol. The topological polar surface area (TPSA) is 61.7 Å². The van der Waals surface area contributed by atoms with E-state index in [0.717, 1.165) is 16.9 Å². The van der Waals surface area contributed by atoms with E-state index in [0.29, 0.717) is 13.1 Å². The Bertz CT molecular complexity index is 598. The molecule has 118 valence electrons. The lowest BCUT2D eigenvalue weighted by atomic mass is 10.1. The molecule has 2 aromatic rings. The Labute approximate surface area is 131 Å². The standard InChI is InChI=1S/C18H23NO3/c1-13(2)22-17-8-4-6-15(10-17)18(21)12-19-11-14-5-3-7-16(20)9-14/h3-10,13,18-21H,11-12H2,1-2H3. The number of ether oxygens (including phenoxy) is 1. The highest BCUT2D eigenvalue weighted by Gasteiger charge is 2.09. The van der Waals surface area contributed by atoms with E-state index in [2.05, 4.69) is 5.32 Å². The summed E-state index contributed by atoms with van der Waals surface area (Å²) < 4.78 is 5.63. The minimum atomic E-state index is -0.604. The minimum absolute atomic E-state index is 0.108. The molecule has 0 spiro atoms. The van der Waals surface area contributed by atoms with E-state index in [1.807, 2.05) is 44.2 Å². The molecule has 0 saturated heterocycles. The number of hydrogen-bond acceptors (Lipinski definition) is 4. The van der Waals surface area contributed by atoms with Gasteiger partial charge in [0.2, 0.25) is 0 Å². The van der Waals surface area contributed by atoms with Gasteiger partial charge in [0.25, 0.3) is 0 Å². The van der Waals surface area contributed by atoms with Crippen molar-refractivity contribution < 1.29 is 14.9 Å². The number of nitrogens with one attached hydrogen (secondary N) is 1. The third-order valence-corrected chi connectivity index (χ3v) is 3.19. The van der Waals surface area contributed by atoms with Gasteiger partial charge in [0, 0.05) is 13.1 Å². The molecule has 0 heterocycles. The van der Waals surface area contributed by atoms with Crippen LogP contribution in [-0.2, 0) is 6.54 Å². The number of phenolic OH excluding ortho intramolecular Hbond substituents is 1. The average Bonchev–Trinajstić information content (AvgIpc) is 2.47. The van der Waals surface area contributed by atoms with Gasteiger partial charge in [0.05, 0.1) is 12.2 Å². The van der Waals surface area contributed by atoms with E-state index >= 15 is 0 Å². The zero-order valence-corrected chi connectivity index (χ0v) is 13.0. The third kappa shape index (κ3) is 5.06. The lowest BCUT2D eigenvalue weighted by Crippen LogP contribution is -2.21. The Morgan fingerprint density at radius 3 is 2.59 bits per heavy atom. The number of hydrogen-bond donors (Lipinski definition) is 3. The van der Waals surface area contributed by atoms with Crippen LogP contribution >= 0.6 is 0 Å². The van der Waals surface area contributed by atoms with Crippen LogP contribution in [-0.4, -0.2) is 22.9 Å². The molecule has 0 aliphatic heterocycles. The summed E-state index contributed by atoms with van der Waals surface area (Å²) in [5, 5.41) is 22.8. The maximum atomic E-state index is 10.2. The predicted molar refractivity (Wildman–Crippen MR) is 87.0 cm³/mol. The van der Waals surface area contributed by atoms with E-state index in [9.17, 15) is 10.2 Å². The molecule has 4 nitrogen and oxygen atoms in total. The second kappa shape index (κ2) is 7.82. The minimum Gasteiger partial charge on any atom is -0.508 e. The molecule has 0 radical (unpaired) electrons. The van der Waals surface area contributed by atoms with E-state index in [1.165, 1.54) is 0 Å². The Hall–Kier alpha value is -2.04. The molecule has 3 N–H and O–H groups in total. The zero-order chi connectivity index (χ0) is 15.9. The fourth-order valence-electron chi connectivity index (χ4n) is 2.20. The van der Waals surface area contributed by atoms with Crippen LogP contribution < -0.4 is 10.1 Å². The van der Waals surface area contributed by atoms with Crippen LogP contribution in [0.15, 0.2) is 48.5 Å². The van der Waals surface area contributed by atoms with E-state index in [-0.39, 0.29) is 11.9 Å². The van der Waals surface area contributed by atoms with Crippen LogP contribution in [0.2, 0.25) is 0 Å². The highest BCUT2D eigenvalue weighted by molar-refractivity contribution is 5.30. The molecule has 2 rings (SSSR count). The molecule has 4 heteroatoms. The van der Waals surface area contributed by atoms with Crippen LogP contribution in [0.1, 0.15) is 31.1 Å². The maximum Gasteiger partial charge on any atom is 0.120 e. The lowest BCUT2D eigenvalue weighted by Gasteiger charge is -2.15. The Kier molecular flexibility index (Phi) is 5.81. The van der Waals surface area contributed by atoms with Gasteiger partial charge in [-0.3, -0.25) is 0 Å². The van der Waals surface area contributed by atoms with Crippen LogP contribution in [0.25, 0.3) is 0 Å². The Morgan fingerprint density at radius 1 is 1.09 bits per heavy atom. The number of rotatable bonds is 7. The molecule has 1 atom stereocenters. The first-order valence-corrected chi connectivity index (χ1v) is 7.48. The number of aromatic hydroxyl groups is 1. The quantitative estimate of drug-likeness (QED) is 0.736. The summed E-state index contributed by atoms with van der Waals surface area (Å²) in [5.74, 6) is 1.01. The second-order valence-corrected chi connectivity index (χ2v) is 5.56. The number of aliphatic hydroxyl groups excluding tert-OH is 1. The van der Waals surface area contributed by atoms with Crippen molar-refractivity contribution in [1.82, 2.24) is 5.32 Å².